The van der Waals surface area contributed by atoms with Gasteiger partial charge in [0.05, 0.1) is 0 Å². The molecule has 0 bridgehead atoms. The average Bonchev–Trinajstić information content (AvgIpc) is 2.40. The highest BCUT2D eigenvalue weighted by atomic mass is 79.9. The minimum absolute atomic E-state index is 0.188. The number of halogens is 4. The normalized spacial score (nSPS) is 12.4. The Labute approximate surface area is 130 Å². The van der Waals surface area contributed by atoms with Gasteiger partial charge < -0.3 is 5.32 Å². The third-order valence-corrected chi connectivity index (χ3v) is 3.91. The van der Waals surface area contributed by atoms with E-state index in [1.807, 2.05) is 24.3 Å². The van der Waals surface area contributed by atoms with Gasteiger partial charge in [-0.25, -0.2) is 8.78 Å². The van der Waals surface area contributed by atoms with Crippen molar-refractivity contribution in [2.45, 2.75) is 12.5 Å². The molecule has 0 fully saturated rings. The van der Waals surface area contributed by atoms with Crippen molar-refractivity contribution >= 4 is 27.5 Å². The molecule has 0 aliphatic carbocycles. The number of nitrogens with one attached hydrogen (secondary N) is 1. The van der Waals surface area contributed by atoms with Crippen molar-refractivity contribution < 1.29 is 8.78 Å². The zero-order chi connectivity index (χ0) is 14.7. The number of likely N-dealkylation sites (N-methyl/N-ethyl adjacent to an activating group) is 1. The van der Waals surface area contributed by atoms with Crippen molar-refractivity contribution in [1.82, 2.24) is 5.32 Å². The summed E-state index contributed by atoms with van der Waals surface area (Å²) in [4.78, 5) is 0. The van der Waals surface area contributed by atoms with Crippen LogP contribution in [0.3, 0.4) is 0 Å². The monoisotopic (exact) mass is 359 g/mol. The van der Waals surface area contributed by atoms with Crippen molar-refractivity contribution in [2.75, 3.05) is 7.05 Å². The van der Waals surface area contributed by atoms with Crippen LogP contribution in [0.1, 0.15) is 17.2 Å². The third-order valence-electron chi connectivity index (χ3n) is 3.09. The lowest BCUT2D eigenvalue weighted by atomic mass is 9.99. The van der Waals surface area contributed by atoms with Gasteiger partial charge in [-0.3, -0.25) is 0 Å². The molecule has 1 N–H and O–H groups in total. The van der Waals surface area contributed by atoms with Crippen LogP contribution in [0.4, 0.5) is 8.78 Å². The molecule has 0 aromatic heterocycles. The summed E-state index contributed by atoms with van der Waals surface area (Å²) >= 11 is 9.43. The molecule has 0 aliphatic heterocycles. The molecule has 0 aliphatic rings. The first-order chi connectivity index (χ1) is 9.51. The molecule has 106 valence electrons. The first-order valence-electron chi connectivity index (χ1n) is 6.07. The fourth-order valence-electron chi connectivity index (χ4n) is 2.07. The first-order valence-corrected chi connectivity index (χ1v) is 7.24. The maximum Gasteiger partial charge on any atom is 0.160 e. The smallest absolute Gasteiger partial charge is 0.160 e. The van der Waals surface area contributed by atoms with Gasteiger partial charge in [-0.2, -0.15) is 0 Å². The quantitative estimate of drug-likeness (QED) is 0.766. The molecule has 20 heavy (non-hydrogen) atoms. The van der Waals surface area contributed by atoms with Crippen molar-refractivity contribution in [3.05, 3.63) is 68.7 Å². The van der Waals surface area contributed by atoms with E-state index in [4.69, 9.17) is 11.6 Å². The van der Waals surface area contributed by atoms with Crippen LogP contribution in [0.2, 0.25) is 5.02 Å². The fraction of sp³-hybridized carbons (Fsp3) is 0.200. The molecule has 0 saturated carbocycles. The summed E-state index contributed by atoms with van der Waals surface area (Å²) in [7, 11) is 1.76. The van der Waals surface area contributed by atoms with Crippen LogP contribution in [-0.4, -0.2) is 7.05 Å². The lowest BCUT2D eigenvalue weighted by Gasteiger charge is -2.18. The van der Waals surface area contributed by atoms with Crippen molar-refractivity contribution in [3.8, 4) is 0 Å². The van der Waals surface area contributed by atoms with E-state index in [0.717, 1.165) is 22.2 Å². The van der Waals surface area contributed by atoms with Crippen LogP contribution in [0.15, 0.2) is 40.9 Å². The highest BCUT2D eigenvalue weighted by Crippen LogP contribution is 2.28. The van der Waals surface area contributed by atoms with E-state index in [1.165, 1.54) is 0 Å². The van der Waals surface area contributed by atoms with Crippen molar-refractivity contribution in [1.29, 1.82) is 0 Å². The number of hydrogen-bond acceptors (Lipinski definition) is 1. The van der Waals surface area contributed by atoms with Gasteiger partial charge in [0.15, 0.2) is 11.6 Å². The topological polar surface area (TPSA) is 12.0 Å². The van der Waals surface area contributed by atoms with E-state index in [2.05, 4.69) is 21.2 Å². The molecule has 0 heterocycles. The highest BCUT2D eigenvalue weighted by molar-refractivity contribution is 9.10. The Balaban J connectivity index is 2.31. The second-order valence-corrected chi connectivity index (χ2v) is 5.79. The third kappa shape index (κ3) is 3.57. The summed E-state index contributed by atoms with van der Waals surface area (Å²) < 4.78 is 27.5. The summed E-state index contributed by atoms with van der Waals surface area (Å²) in [6.07, 6.45) is 0.626. The van der Waals surface area contributed by atoms with Gasteiger partial charge in [0.2, 0.25) is 0 Å². The van der Waals surface area contributed by atoms with E-state index in [9.17, 15) is 8.78 Å². The molecule has 2 aromatic rings. The van der Waals surface area contributed by atoms with E-state index in [1.54, 1.807) is 7.05 Å². The standard InChI is InChI=1S/C15H13BrClF2N/c1-20-15(6-9-3-2-4-10(16)5-9)11-7-13(18)14(19)8-12(11)17/h2-5,7-8,15,20H,6H2,1H3. The predicted octanol–water partition coefficient (Wildman–Crippen LogP) is 4.88. The first kappa shape index (κ1) is 15.4. The van der Waals surface area contributed by atoms with E-state index < -0.39 is 11.6 Å². The second-order valence-electron chi connectivity index (χ2n) is 4.46. The average molecular weight is 361 g/mol. The fourth-order valence-corrected chi connectivity index (χ4v) is 2.80. The maximum atomic E-state index is 13.4. The summed E-state index contributed by atoms with van der Waals surface area (Å²) in [5, 5.41) is 3.31. The van der Waals surface area contributed by atoms with Gasteiger partial charge >= 0.3 is 0 Å². The largest absolute Gasteiger partial charge is 0.313 e. The van der Waals surface area contributed by atoms with Gasteiger partial charge in [0.1, 0.15) is 0 Å². The molecule has 1 nitrogen and oxygen atoms in total. The minimum Gasteiger partial charge on any atom is -0.313 e. The Hall–Kier alpha value is -0.970. The Morgan fingerprint density at radius 1 is 1.20 bits per heavy atom. The number of rotatable bonds is 4. The van der Waals surface area contributed by atoms with E-state index in [0.29, 0.717) is 12.0 Å². The van der Waals surface area contributed by atoms with Gasteiger partial charge in [-0.1, -0.05) is 39.7 Å². The Morgan fingerprint density at radius 3 is 2.55 bits per heavy atom. The lowest BCUT2D eigenvalue weighted by Crippen LogP contribution is -2.19. The molecule has 2 rings (SSSR count). The van der Waals surface area contributed by atoms with E-state index in [-0.39, 0.29) is 11.1 Å². The molecule has 0 radical (unpaired) electrons. The molecular weight excluding hydrogens is 348 g/mol. The molecule has 1 unspecified atom stereocenters. The van der Waals surface area contributed by atoms with Crippen LogP contribution in [0, 0.1) is 11.6 Å². The predicted molar refractivity (Wildman–Crippen MR) is 81.0 cm³/mol. The lowest BCUT2D eigenvalue weighted by molar-refractivity contribution is 0.501. The van der Waals surface area contributed by atoms with E-state index >= 15 is 0 Å². The minimum atomic E-state index is -0.934. The summed E-state index contributed by atoms with van der Waals surface area (Å²) in [6.45, 7) is 0. The molecule has 0 spiro atoms. The zero-order valence-electron chi connectivity index (χ0n) is 10.8. The Kier molecular flexibility index (Phi) is 5.13. The summed E-state index contributed by atoms with van der Waals surface area (Å²) in [5.74, 6) is -1.82. The zero-order valence-corrected chi connectivity index (χ0v) is 13.1. The van der Waals surface area contributed by atoms with Crippen LogP contribution in [0.25, 0.3) is 0 Å². The number of hydrogen-bond donors (Lipinski definition) is 1. The Bertz CT molecular complexity index is 619. The van der Waals surface area contributed by atoms with Crippen molar-refractivity contribution in [3.63, 3.8) is 0 Å². The van der Waals surface area contributed by atoms with Gasteiger partial charge in [-0.15, -0.1) is 0 Å². The molecular formula is C15H13BrClF2N. The molecule has 5 heteroatoms. The van der Waals surface area contributed by atoms with Gasteiger partial charge in [-0.05, 0) is 48.9 Å². The van der Waals surface area contributed by atoms with Crippen LogP contribution < -0.4 is 5.32 Å². The second kappa shape index (κ2) is 6.66. The van der Waals surface area contributed by atoms with Gasteiger partial charge in [0, 0.05) is 15.5 Å². The molecule has 2 aromatic carbocycles. The highest BCUT2D eigenvalue weighted by Gasteiger charge is 2.17. The molecule has 1 atom stereocenters. The molecule has 0 amide bonds. The number of benzene rings is 2. The van der Waals surface area contributed by atoms with Crippen molar-refractivity contribution in [2.24, 2.45) is 0 Å². The Morgan fingerprint density at radius 2 is 1.90 bits per heavy atom. The van der Waals surface area contributed by atoms with Crippen LogP contribution >= 0.6 is 27.5 Å². The maximum absolute atomic E-state index is 13.4. The summed E-state index contributed by atoms with van der Waals surface area (Å²) in [5.41, 5.74) is 1.62. The SMILES string of the molecule is CNC(Cc1cccc(Br)c1)c1cc(F)c(F)cc1Cl. The van der Waals surface area contributed by atoms with Gasteiger partial charge in [0.25, 0.3) is 0 Å². The van der Waals surface area contributed by atoms with Crippen LogP contribution in [-0.2, 0) is 6.42 Å². The van der Waals surface area contributed by atoms with Crippen LogP contribution in [0.5, 0.6) is 0 Å². The summed E-state index contributed by atoms with van der Waals surface area (Å²) in [6, 6.07) is 9.79. The molecule has 0 saturated heterocycles.